The number of amides is 2. The van der Waals surface area contributed by atoms with E-state index in [1.54, 1.807) is 0 Å². The molecule has 0 radical (unpaired) electrons. The molecule has 1 heterocycles. The first kappa shape index (κ1) is 32.1. The van der Waals surface area contributed by atoms with E-state index >= 15 is 0 Å². The molecule has 0 aliphatic carbocycles. The average molecular weight is 567 g/mol. The maximum atomic E-state index is 12.6. The molecule has 9 heteroatoms. The highest BCUT2D eigenvalue weighted by Gasteiger charge is 2.23. The number of ether oxygens (including phenoxy) is 1. The number of nitrogens with one attached hydrogen (secondary N) is 1. The Bertz CT molecular complexity index is 1090. The fraction of sp³-hybridized carbons (Fsp3) is 0.531. The van der Waals surface area contributed by atoms with Crippen LogP contribution in [0.15, 0.2) is 54.6 Å². The molecule has 2 aromatic carbocycles. The number of hydrogen-bond acceptors (Lipinski definition) is 6. The van der Waals surface area contributed by atoms with Gasteiger partial charge in [0.15, 0.2) is 0 Å². The Morgan fingerprint density at radius 2 is 1.56 bits per heavy atom. The van der Waals surface area contributed by atoms with E-state index in [1.165, 1.54) is 0 Å². The number of likely N-dealkylation sites (N-methyl/N-ethyl adjacent to an activating group) is 1. The first-order chi connectivity index (χ1) is 19.8. The molecule has 0 unspecified atom stereocenters. The summed E-state index contributed by atoms with van der Waals surface area (Å²) in [6, 6.07) is 17.7. The molecule has 0 atom stereocenters. The normalized spacial score (nSPS) is 14.1. The van der Waals surface area contributed by atoms with Gasteiger partial charge in [0.25, 0.3) is 0 Å². The Morgan fingerprint density at radius 3 is 2.29 bits per heavy atom. The fourth-order valence-corrected chi connectivity index (χ4v) is 5.06. The molecule has 2 aromatic rings. The van der Waals surface area contributed by atoms with Crippen molar-refractivity contribution in [2.45, 2.75) is 57.5 Å². The molecule has 0 bridgehead atoms. The van der Waals surface area contributed by atoms with Gasteiger partial charge >= 0.3 is 12.1 Å². The molecular weight excluding hydrogens is 520 g/mol. The molecule has 1 aliphatic heterocycles. The van der Waals surface area contributed by atoms with Gasteiger partial charge in [0.05, 0.1) is 5.69 Å². The summed E-state index contributed by atoms with van der Waals surface area (Å²) in [5, 5.41) is 11.6. The SMILES string of the molecule is CN(CCCCCC(=O)N(C)CCN1CCC(OC(=O)Nc2ccccc2-c2ccccc2)CC1)CCCC(=O)O. The van der Waals surface area contributed by atoms with Crippen LogP contribution in [0.3, 0.4) is 0 Å². The number of benzene rings is 2. The van der Waals surface area contributed by atoms with Gasteiger partial charge in [-0.25, -0.2) is 4.79 Å². The zero-order chi connectivity index (χ0) is 29.5. The molecule has 0 saturated carbocycles. The van der Waals surface area contributed by atoms with Crippen LogP contribution in [0.2, 0.25) is 0 Å². The first-order valence-electron chi connectivity index (χ1n) is 14.8. The van der Waals surface area contributed by atoms with Crippen molar-refractivity contribution in [3.8, 4) is 11.1 Å². The minimum atomic E-state index is -0.749. The Morgan fingerprint density at radius 1 is 0.878 bits per heavy atom. The molecule has 3 rings (SSSR count). The third-order valence-electron chi connectivity index (χ3n) is 7.60. The lowest BCUT2D eigenvalue weighted by Gasteiger charge is -2.32. The second-order valence-electron chi connectivity index (χ2n) is 10.9. The maximum Gasteiger partial charge on any atom is 0.411 e. The van der Waals surface area contributed by atoms with Crippen molar-refractivity contribution in [1.29, 1.82) is 0 Å². The lowest BCUT2D eigenvalue weighted by atomic mass is 10.0. The van der Waals surface area contributed by atoms with E-state index in [0.717, 1.165) is 81.6 Å². The maximum absolute atomic E-state index is 12.6. The zero-order valence-electron chi connectivity index (χ0n) is 24.6. The Balaban J connectivity index is 1.27. The highest BCUT2D eigenvalue weighted by molar-refractivity contribution is 5.91. The van der Waals surface area contributed by atoms with Crippen LogP contribution < -0.4 is 5.32 Å². The van der Waals surface area contributed by atoms with Gasteiger partial charge in [-0.3, -0.25) is 14.9 Å². The molecule has 2 N–H and O–H groups in total. The summed E-state index contributed by atoms with van der Waals surface area (Å²) in [6.45, 7) is 4.88. The van der Waals surface area contributed by atoms with Crippen LogP contribution in [0.25, 0.3) is 11.1 Å². The highest BCUT2D eigenvalue weighted by atomic mass is 16.6. The zero-order valence-corrected chi connectivity index (χ0v) is 24.6. The number of aliphatic carboxylic acids is 1. The topological polar surface area (TPSA) is 102 Å². The first-order valence-corrected chi connectivity index (χ1v) is 14.8. The number of rotatable bonds is 16. The lowest BCUT2D eigenvalue weighted by Crippen LogP contribution is -2.42. The average Bonchev–Trinajstić information content (AvgIpc) is 2.97. The monoisotopic (exact) mass is 566 g/mol. The van der Waals surface area contributed by atoms with Crippen LogP contribution in [-0.2, 0) is 14.3 Å². The molecule has 224 valence electrons. The third kappa shape index (κ3) is 11.9. The van der Waals surface area contributed by atoms with E-state index in [2.05, 4.69) is 15.1 Å². The molecule has 0 spiro atoms. The van der Waals surface area contributed by atoms with Gasteiger partial charge in [-0.15, -0.1) is 0 Å². The van der Waals surface area contributed by atoms with Gasteiger partial charge in [0.1, 0.15) is 6.10 Å². The van der Waals surface area contributed by atoms with E-state index in [4.69, 9.17) is 9.84 Å². The predicted octanol–water partition coefficient (Wildman–Crippen LogP) is 5.18. The van der Waals surface area contributed by atoms with E-state index < -0.39 is 12.1 Å². The lowest BCUT2D eigenvalue weighted by molar-refractivity contribution is -0.137. The van der Waals surface area contributed by atoms with E-state index in [-0.39, 0.29) is 18.4 Å². The molecule has 1 aliphatic rings. The summed E-state index contributed by atoms with van der Waals surface area (Å²) < 4.78 is 5.74. The Kier molecular flexibility index (Phi) is 13.6. The number of carbonyl (C=O) groups is 3. The Labute approximate surface area is 244 Å². The van der Waals surface area contributed by atoms with Gasteiger partial charge in [-0.2, -0.15) is 0 Å². The smallest absolute Gasteiger partial charge is 0.411 e. The number of anilines is 1. The standard InChI is InChI=1S/C32H46N4O5/c1-34(21-11-17-31(38)39)20-10-4-7-16-30(37)35(2)24-25-36-22-18-27(19-23-36)41-32(40)33-29-15-9-8-14-28(29)26-12-5-3-6-13-26/h3,5-6,8-9,12-15,27H,4,7,10-11,16-25H2,1-2H3,(H,33,40)(H,38,39). The summed E-state index contributed by atoms with van der Waals surface area (Å²) in [7, 11) is 3.88. The molecule has 1 fully saturated rings. The number of carboxylic acids is 1. The van der Waals surface area contributed by atoms with Gasteiger partial charge in [-0.05, 0) is 63.9 Å². The minimum Gasteiger partial charge on any atom is -0.481 e. The number of piperidine rings is 1. The largest absolute Gasteiger partial charge is 0.481 e. The van der Waals surface area contributed by atoms with Crippen LogP contribution in [0, 0.1) is 0 Å². The van der Waals surface area contributed by atoms with Crippen molar-refractivity contribution in [1.82, 2.24) is 14.7 Å². The number of carbonyl (C=O) groups excluding carboxylic acids is 2. The quantitative estimate of drug-likeness (QED) is 0.270. The predicted molar refractivity (Wildman–Crippen MR) is 162 cm³/mol. The summed E-state index contributed by atoms with van der Waals surface area (Å²) in [6.07, 6.45) is 5.29. The molecule has 2 amide bonds. The summed E-state index contributed by atoms with van der Waals surface area (Å²) in [5.41, 5.74) is 2.72. The van der Waals surface area contributed by atoms with E-state index in [9.17, 15) is 14.4 Å². The number of hydrogen-bond donors (Lipinski definition) is 2. The molecule has 0 aromatic heterocycles. The molecule has 9 nitrogen and oxygen atoms in total. The van der Waals surface area contributed by atoms with Crippen molar-refractivity contribution in [3.63, 3.8) is 0 Å². The van der Waals surface area contributed by atoms with Crippen LogP contribution in [-0.4, -0.2) is 97.2 Å². The molecule has 41 heavy (non-hydrogen) atoms. The number of nitrogens with zero attached hydrogens (tertiary/aromatic N) is 3. The van der Waals surface area contributed by atoms with Crippen molar-refractivity contribution < 1.29 is 24.2 Å². The van der Waals surface area contributed by atoms with Crippen molar-refractivity contribution in [2.75, 3.05) is 58.7 Å². The van der Waals surface area contributed by atoms with Crippen molar-refractivity contribution >= 4 is 23.7 Å². The molecule has 1 saturated heterocycles. The molecular formula is C32H46N4O5. The van der Waals surface area contributed by atoms with E-state index in [0.29, 0.717) is 19.4 Å². The van der Waals surface area contributed by atoms with Crippen molar-refractivity contribution in [3.05, 3.63) is 54.6 Å². The van der Waals surface area contributed by atoms with Crippen LogP contribution in [0.5, 0.6) is 0 Å². The van der Waals surface area contributed by atoms with Crippen molar-refractivity contribution in [2.24, 2.45) is 0 Å². The number of likely N-dealkylation sites (tertiary alicyclic amines) is 1. The minimum absolute atomic E-state index is 0.120. The van der Waals surface area contributed by atoms with E-state index in [1.807, 2.05) is 73.6 Å². The van der Waals surface area contributed by atoms with Crippen LogP contribution in [0.4, 0.5) is 10.5 Å². The van der Waals surface area contributed by atoms with Gasteiger partial charge in [-0.1, -0.05) is 55.0 Å². The third-order valence-corrected chi connectivity index (χ3v) is 7.60. The van der Waals surface area contributed by atoms with Crippen LogP contribution >= 0.6 is 0 Å². The summed E-state index contributed by atoms with van der Waals surface area (Å²) >= 11 is 0. The summed E-state index contributed by atoms with van der Waals surface area (Å²) in [5.74, 6) is -0.577. The summed E-state index contributed by atoms with van der Waals surface area (Å²) in [4.78, 5) is 42.1. The highest BCUT2D eigenvalue weighted by Crippen LogP contribution is 2.28. The van der Waals surface area contributed by atoms with Gasteiger partial charge < -0.3 is 24.5 Å². The number of para-hydroxylation sites is 1. The second-order valence-corrected chi connectivity index (χ2v) is 10.9. The number of unbranched alkanes of at least 4 members (excludes halogenated alkanes) is 2. The van der Waals surface area contributed by atoms with Gasteiger partial charge in [0.2, 0.25) is 5.91 Å². The van der Waals surface area contributed by atoms with Gasteiger partial charge in [0, 0.05) is 51.6 Å². The number of carboxylic acid groups (broad SMARTS) is 1. The Hall–Kier alpha value is -3.43. The fourth-order valence-electron chi connectivity index (χ4n) is 5.06. The second kappa shape index (κ2) is 17.4. The van der Waals surface area contributed by atoms with Crippen LogP contribution in [0.1, 0.15) is 51.4 Å².